The highest BCUT2D eigenvalue weighted by molar-refractivity contribution is 7.13. The van der Waals surface area contributed by atoms with E-state index in [1.807, 2.05) is 36.4 Å². The minimum Gasteiger partial charge on any atom is -0.480 e. The van der Waals surface area contributed by atoms with Crippen molar-refractivity contribution < 1.29 is 29.3 Å². The standard InChI is InChI=1S/C24H23N3O6S/c1-13(28)21(22(30)31)26-20(29)10-14-12-34-23(25-14)27-24(32)33-11-19-17-8-4-2-6-15(17)16-7-3-5-9-18(16)19/h2-9,12-13,19,21,28H,10-11H2,1H3,(H,26,29)(H,30,31)(H,25,27,32). The predicted molar refractivity (Wildman–Crippen MR) is 126 cm³/mol. The Morgan fingerprint density at radius 3 is 2.29 bits per heavy atom. The minimum absolute atomic E-state index is 0.0650. The molecule has 2 aromatic carbocycles. The molecule has 1 aromatic heterocycles. The van der Waals surface area contributed by atoms with Gasteiger partial charge in [-0.2, -0.15) is 0 Å². The molecule has 4 rings (SSSR count). The van der Waals surface area contributed by atoms with Crippen molar-refractivity contribution in [2.45, 2.75) is 31.4 Å². The Morgan fingerprint density at radius 1 is 1.09 bits per heavy atom. The number of aliphatic hydroxyl groups is 1. The van der Waals surface area contributed by atoms with E-state index in [2.05, 4.69) is 27.8 Å². The zero-order valence-electron chi connectivity index (χ0n) is 18.2. The fraction of sp³-hybridized carbons (Fsp3) is 0.250. The van der Waals surface area contributed by atoms with E-state index in [-0.39, 0.29) is 24.1 Å². The monoisotopic (exact) mass is 481 g/mol. The molecule has 0 radical (unpaired) electrons. The number of nitrogens with one attached hydrogen (secondary N) is 2. The average molecular weight is 482 g/mol. The molecule has 1 aliphatic carbocycles. The van der Waals surface area contributed by atoms with Crippen LogP contribution in [0.15, 0.2) is 53.9 Å². The van der Waals surface area contributed by atoms with Crippen LogP contribution < -0.4 is 10.6 Å². The van der Waals surface area contributed by atoms with Gasteiger partial charge in [-0.15, -0.1) is 11.3 Å². The number of benzene rings is 2. The Morgan fingerprint density at radius 2 is 1.71 bits per heavy atom. The van der Waals surface area contributed by atoms with Crippen molar-refractivity contribution in [3.63, 3.8) is 0 Å². The lowest BCUT2D eigenvalue weighted by Gasteiger charge is -2.16. The zero-order chi connectivity index (χ0) is 24.2. The summed E-state index contributed by atoms with van der Waals surface area (Å²) in [6.45, 7) is 1.44. The summed E-state index contributed by atoms with van der Waals surface area (Å²) in [5.41, 5.74) is 4.84. The largest absolute Gasteiger partial charge is 0.480 e. The number of hydrogen-bond donors (Lipinski definition) is 4. The van der Waals surface area contributed by atoms with Crippen LogP contribution >= 0.6 is 11.3 Å². The zero-order valence-corrected chi connectivity index (χ0v) is 19.0. The number of carboxylic acid groups (broad SMARTS) is 1. The van der Waals surface area contributed by atoms with Crippen molar-refractivity contribution in [2.75, 3.05) is 11.9 Å². The van der Waals surface area contributed by atoms with E-state index in [0.717, 1.165) is 33.6 Å². The number of aliphatic hydroxyl groups excluding tert-OH is 1. The Labute approximate surface area is 199 Å². The lowest BCUT2D eigenvalue weighted by molar-refractivity contribution is -0.144. The van der Waals surface area contributed by atoms with Crippen molar-refractivity contribution in [1.29, 1.82) is 0 Å². The number of aromatic nitrogens is 1. The lowest BCUT2D eigenvalue weighted by atomic mass is 9.98. The first-order chi connectivity index (χ1) is 16.3. The van der Waals surface area contributed by atoms with Crippen molar-refractivity contribution in [1.82, 2.24) is 10.3 Å². The average Bonchev–Trinajstić information content (AvgIpc) is 3.37. The summed E-state index contributed by atoms with van der Waals surface area (Å²) < 4.78 is 5.48. The van der Waals surface area contributed by atoms with E-state index in [1.54, 1.807) is 5.38 Å². The van der Waals surface area contributed by atoms with Crippen LogP contribution in [0.2, 0.25) is 0 Å². The molecule has 10 heteroatoms. The number of aliphatic carboxylic acids is 1. The van der Waals surface area contributed by atoms with Crippen LogP contribution in [0.1, 0.15) is 29.7 Å². The second kappa shape index (κ2) is 10.0. The van der Waals surface area contributed by atoms with Gasteiger partial charge in [-0.25, -0.2) is 14.6 Å². The molecule has 0 bridgehead atoms. The third kappa shape index (κ3) is 5.08. The van der Waals surface area contributed by atoms with Gasteiger partial charge in [0.15, 0.2) is 11.2 Å². The second-order valence-electron chi connectivity index (χ2n) is 7.90. The van der Waals surface area contributed by atoms with Gasteiger partial charge in [-0.1, -0.05) is 48.5 Å². The Kier molecular flexibility index (Phi) is 6.90. The highest BCUT2D eigenvalue weighted by atomic mass is 32.1. The highest BCUT2D eigenvalue weighted by Gasteiger charge is 2.29. The molecule has 1 aliphatic rings. The molecule has 9 nitrogen and oxygen atoms in total. The Bertz CT molecular complexity index is 1180. The van der Waals surface area contributed by atoms with Gasteiger partial charge in [0.05, 0.1) is 18.2 Å². The third-order valence-electron chi connectivity index (χ3n) is 5.51. The Balaban J connectivity index is 1.33. The topological polar surface area (TPSA) is 138 Å². The molecule has 2 amide bonds. The molecule has 34 heavy (non-hydrogen) atoms. The number of rotatable bonds is 8. The molecule has 3 aromatic rings. The molecule has 0 saturated carbocycles. The third-order valence-corrected chi connectivity index (χ3v) is 6.32. The molecule has 1 heterocycles. The van der Waals surface area contributed by atoms with E-state index < -0.39 is 30.1 Å². The maximum Gasteiger partial charge on any atom is 0.413 e. The number of carbonyl (C=O) groups excluding carboxylic acids is 2. The molecule has 2 unspecified atom stereocenters. The first-order valence-corrected chi connectivity index (χ1v) is 11.5. The van der Waals surface area contributed by atoms with E-state index in [4.69, 9.17) is 9.84 Å². The van der Waals surface area contributed by atoms with Crippen LogP contribution in [0.3, 0.4) is 0 Å². The number of anilines is 1. The van der Waals surface area contributed by atoms with Crippen molar-refractivity contribution in [2.24, 2.45) is 0 Å². The van der Waals surface area contributed by atoms with Crippen LogP contribution in [-0.2, 0) is 20.7 Å². The molecule has 0 saturated heterocycles. The van der Waals surface area contributed by atoms with Crippen LogP contribution in [0.4, 0.5) is 9.93 Å². The lowest BCUT2D eigenvalue weighted by Crippen LogP contribution is -2.48. The van der Waals surface area contributed by atoms with Gasteiger partial charge >= 0.3 is 12.1 Å². The number of nitrogens with zero attached hydrogens (tertiary/aromatic N) is 1. The fourth-order valence-electron chi connectivity index (χ4n) is 3.95. The first kappa shape index (κ1) is 23.4. The van der Waals surface area contributed by atoms with Crippen LogP contribution in [0.25, 0.3) is 11.1 Å². The van der Waals surface area contributed by atoms with Gasteiger partial charge in [0.25, 0.3) is 0 Å². The van der Waals surface area contributed by atoms with E-state index in [9.17, 15) is 19.5 Å². The molecule has 0 spiro atoms. The van der Waals surface area contributed by atoms with Gasteiger partial charge in [0.2, 0.25) is 5.91 Å². The van der Waals surface area contributed by atoms with Crippen molar-refractivity contribution >= 4 is 34.4 Å². The van der Waals surface area contributed by atoms with Gasteiger partial charge < -0.3 is 20.3 Å². The van der Waals surface area contributed by atoms with E-state index >= 15 is 0 Å². The van der Waals surface area contributed by atoms with Crippen LogP contribution in [0, 0.1) is 0 Å². The van der Waals surface area contributed by atoms with Crippen LogP contribution in [0.5, 0.6) is 0 Å². The van der Waals surface area contributed by atoms with Crippen molar-refractivity contribution in [3.05, 3.63) is 70.7 Å². The summed E-state index contributed by atoms with van der Waals surface area (Å²) in [5.74, 6) is -2.00. The van der Waals surface area contributed by atoms with Gasteiger partial charge in [0.1, 0.15) is 6.61 Å². The molecule has 0 fully saturated rings. The number of carbonyl (C=O) groups is 3. The SMILES string of the molecule is CC(O)C(NC(=O)Cc1csc(NC(=O)OCC2c3ccccc3-c3ccccc32)n1)C(=O)O. The normalized spacial score (nSPS) is 13.9. The molecule has 176 valence electrons. The maximum atomic E-state index is 12.4. The minimum atomic E-state index is -1.41. The Hall–Kier alpha value is -3.76. The molecule has 4 N–H and O–H groups in total. The highest BCUT2D eigenvalue weighted by Crippen LogP contribution is 2.44. The fourth-order valence-corrected chi connectivity index (χ4v) is 4.64. The summed E-state index contributed by atoms with van der Waals surface area (Å²) in [7, 11) is 0. The van der Waals surface area contributed by atoms with Crippen LogP contribution in [-0.4, -0.2) is 51.9 Å². The summed E-state index contributed by atoms with van der Waals surface area (Å²) >= 11 is 1.12. The maximum absolute atomic E-state index is 12.4. The van der Waals surface area contributed by atoms with Gasteiger partial charge in [-0.05, 0) is 29.2 Å². The van der Waals surface area contributed by atoms with Gasteiger partial charge in [0, 0.05) is 11.3 Å². The number of hydrogen-bond acceptors (Lipinski definition) is 7. The number of ether oxygens (including phenoxy) is 1. The second-order valence-corrected chi connectivity index (χ2v) is 8.75. The number of amides is 2. The van der Waals surface area contributed by atoms with E-state index in [1.165, 1.54) is 6.92 Å². The summed E-state index contributed by atoms with van der Waals surface area (Å²) in [4.78, 5) is 39.7. The molecule has 0 aliphatic heterocycles. The number of thiazole rings is 1. The smallest absolute Gasteiger partial charge is 0.413 e. The first-order valence-electron chi connectivity index (χ1n) is 10.6. The van der Waals surface area contributed by atoms with Gasteiger partial charge in [-0.3, -0.25) is 10.1 Å². The van der Waals surface area contributed by atoms with E-state index in [0.29, 0.717) is 5.69 Å². The summed E-state index contributed by atoms with van der Waals surface area (Å²) in [6, 6.07) is 14.7. The quantitative estimate of drug-likeness (QED) is 0.388. The number of carboxylic acids is 1. The number of fused-ring (bicyclic) bond motifs is 3. The molecule has 2 atom stereocenters. The summed E-state index contributed by atoms with van der Waals surface area (Å²) in [5, 5.41) is 25.2. The molecular formula is C24H23N3O6S. The predicted octanol–water partition coefficient (Wildman–Crippen LogP) is 3.00. The summed E-state index contributed by atoms with van der Waals surface area (Å²) in [6.07, 6.45) is -2.10. The molecular weight excluding hydrogens is 458 g/mol. The van der Waals surface area contributed by atoms with Crippen molar-refractivity contribution in [3.8, 4) is 11.1 Å².